The van der Waals surface area contributed by atoms with Crippen LogP contribution in [0.1, 0.15) is 10.5 Å². The lowest BCUT2D eigenvalue weighted by Crippen LogP contribution is -2.36. The third-order valence-corrected chi connectivity index (χ3v) is 2.32. The smallest absolute Gasteiger partial charge is 0.358 e. The highest BCUT2D eigenvalue weighted by Crippen LogP contribution is 1.97. The molecule has 1 amide bonds. The Kier molecular flexibility index (Phi) is 5.68. The Bertz CT molecular complexity index is 457. The molecule has 0 bridgehead atoms. The Morgan fingerprint density at radius 3 is 2.89 bits per heavy atom. The van der Waals surface area contributed by atoms with Crippen LogP contribution in [0.3, 0.4) is 0 Å². The summed E-state index contributed by atoms with van der Waals surface area (Å²) in [4.78, 5) is 24.2. The van der Waals surface area contributed by atoms with Gasteiger partial charge in [-0.25, -0.2) is 9.48 Å². The van der Waals surface area contributed by atoms with Gasteiger partial charge in [-0.15, -0.1) is 11.7 Å². The topological polar surface area (TPSA) is 97.5 Å². The van der Waals surface area contributed by atoms with E-state index in [0.717, 1.165) is 0 Å². The van der Waals surface area contributed by atoms with Crippen LogP contribution >= 0.6 is 0 Å². The Morgan fingerprint density at radius 1 is 1.63 bits per heavy atom. The van der Waals surface area contributed by atoms with Gasteiger partial charge < -0.3 is 14.7 Å². The molecule has 0 unspecified atom stereocenters. The number of aromatic carboxylic acids is 1. The van der Waals surface area contributed by atoms with Crippen molar-refractivity contribution in [3.63, 3.8) is 0 Å². The molecule has 1 rings (SSSR count). The molecule has 1 N–H and O–H groups in total. The molecule has 0 radical (unpaired) electrons. The van der Waals surface area contributed by atoms with Gasteiger partial charge in [0, 0.05) is 20.2 Å². The number of amides is 1. The fourth-order valence-electron chi connectivity index (χ4n) is 1.39. The van der Waals surface area contributed by atoms with Crippen LogP contribution in [0.2, 0.25) is 0 Å². The maximum atomic E-state index is 12.0. The number of hydrogen-bond donors (Lipinski definition) is 1. The summed E-state index contributed by atoms with van der Waals surface area (Å²) in [6, 6.07) is 0. The van der Waals surface area contributed by atoms with E-state index in [1.165, 1.54) is 10.9 Å². The lowest BCUT2D eigenvalue weighted by Gasteiger charge is -2.20. The summed E-state index contributed by atoms with van der Waals surface area (Å²) in [5.74, 6) is -1.39. The standard InChI is InChI=1S/C11H16N4O4/c1-3-4-14(5-6-19-2)10(16)8-15-7-9(11(17)18)12-13-15/h3,7H,1,4-6,8H2,2H3,(H,17,18). The number of carbonyl (C=O) groups is 2. The molecule has 8 nitrogen and oxygen atoms in total. The molecule has 0 aliphatic heterocycles. The number of nitrogens with zero attached hydrogens (tertiary/aromatic N) is 4. The van der Waals surface area contributed by atoms with Gasteiger partial charge in [-0.2, -0.15) is 0 Å². The average molecular weight is 268 g/mol. The molecule has 0 spiro atoms. The minimum absolute atomic E-state index is 0.0716. The lowest BCUT2D eigenvalue weighted by atomic mass is 10.4. The number of methoxy groups -OCH3 is 1. The van der Waals surface area contributed by atoms with E-state index in [9.17, 15) is 9.59 Å². The first kappa shape index (κ1) is 14.8. The van der Waals surface area contributed by atoms with Gasteiger partial charge in [-0.05, 0) is 0 Å². The van der Waals surface area contributed by atoms with Crippen molar-refractivity contribution < 1.29 is 19.4 Å². The molecule has 0 saturated heterocycles. The van der Waals surface area contributed by atoms with Gasteiger partial charge in [0.25, 0.3) is 0 Å². The van der Waals surface area contributed by atoms with Gasteiger partial charge in [-0.1, -0.05) is 11.3 Å². The first-order valence-electron chi connectivity index (χ1n) is 5.59. The maximum Gasteiger partial charge on any atom is 0.358 e. The lowest BCUT2D eigenvalue weighted by molar-refractivity contribution is -0.132. The van der Waals surface area contributed by atoms with Gasteiger partial charge >= 0.3 is 5.97 Å². The molecule has 0 atom stereocenters. The second kappa shape index (κ2) is 7.27. The Hall–Kier alpha value is -2.22. The van der Waals surface area contributed by atoms with Crippen molar-refractivity contribution >= 4 is 11.9 Å². The summed E-state index contributed by atoms with van der Waals surface area (Å²) in [5.41, 5.74) is -0.194. The minimum Gasteiger partial charge on any atom is -0.476 e. The van der Waals surface area contributed by atoms with Gasteiger partial charge in [-0.3, -0.25) is 4.79 Å². The van der Waals surface area contributed by atoms with Gasteiger partial charge in [0.05, 0.1) is 12.8 Å². The Balaban J connectivity index is 2.63. The van der Waals surface area contributed by atoms with Crippen LogP contribution in [-0.4, -0.2) is 63.7 Å². The van der Waals surface area contributed by atoms with E-state index in [2.05, 4.69) is 16.9 Å². The van der Waals surface area contributed by atoms with Crippen LogP contribution in [0.5, 0.6) is 0 Å². The molecule has 0 saturated carbocycles. The molecule has 1 aromatic heterocycles. The van der Waals surface area contributed by atoms with Crippen molar-refractivity contribution in [2.75, 3.05) is 26.8 Å². The van der Waals surface area contributed by atoms with Crippen LogP contribution in [-0.2, 0) is 16.1 Å². The maximum absolute atomic E-state index is 12.0. The SMILES string of the molecule is C=CCN(CCOC)C(=O)Cn1cc(C(=O)O)nn1. The number of ether oxygens (including phenoxy) is 1. The summed E-state index contributed by atoms with van der Waals surface area (Å²) in [6.45, 7) is 4.74. The highest BCUT2D eigenvalue weighted by molar-refractivity contribution is 5.84. The van der Waals surface area contributed by atoms with E-state index in [1.807, 2.05) is 0 Å². The fourth-order valence-corrected chi connectivity index (χ4v) is 1.39. The Labute approximate surface area is 110 Å². The van der Waals surface area contributed by atoms with E-state index in [1.54, 1.807) is 18.1 Å². The first-order valence-corrected chi connectivity index (χ1v) is 5.59. The highest BCUT2D eigenvalue weighted by Gasteiger charge is 2.15. The molecule has 104 valence electrons. The molecule has 0 aromatic carbocycles. The van der Waals surface area contributed by atoms with Crippen LogP contribution in [0.25, 0.3) is 0 Å². The minimum atomic E-state index is -1.18. The zero-order chi connectivity index (χ0) is 14.3. The number of hydrogen-bond acceptors (Lipinski definition) is 5. The van der Waals surface area contributed by atoms with Crippen LogP contribution in [0, 0.1) is 0 Å². The predicted octanol–water partition coefficient (Wildman–Crippen LogP) is -0.363. The number of carboxylic acids is 1. The second-order valence-corrected chi connectivity index (χ2v) is 3.73. The van der Waals surface area contributed by atoms with E-state index < -0.39 is 5.97 Å². The van der Waals surface area contributed by atoms with Crippen molar-refractivity contribution in [2.45, 2.75) is 6.54 Å². The summed E-state index contributed by atoms with van der Waals surface area (Å²) in [5, 5.41) is 15.7. The number of carboxylic acid groups (broad SMARTS) is 1. The van der Waals surface area contributed by atoms with E-state index in [4.69, 9.17) is 9.84 Å². The summed E-state index contributed by atoms with van der Waals surface area (Å²) in [6.07, 6.45) is 2.82. The van der Waals surface area contributed by atoms with Gasteiger partial charge in [0.15, 0.2) is 5.69 Å². The van der Waals surface area contributed by atoms with Crippen molar-refractivity contribution in [1.29, 1.82) is 0 Å². The Morgan fingerprint density at radius 2 is 2.37 bits per heavy atom. The van der Waals surface area contributed by atoms with Crippen molar-refractivity contribution in [3.05, 3.63) is 24.5 Å². The second-order valence-electron chi connectivity index (χ2n) is 3.73. The summed E-state index contributed by atoms with van der Waals surface area (Å²) in [7, 11) is 1.55. The van der Waals surface area contributed by atoms with E-state index in [-0.39, 0.29) is 18.1 Å². The zero-order valence-electron chi connectivity index (χ0n) is 10.7. The monoisotopic (exact) mass is 268 g/mol. The molecule has 0 aliphatic carbocycles. The third-order valence-electron chi connectivity index (χ3n) is 2.32. The van der Waals surface area contributed by atoms with Crippen LogP contribution in [0.15, 0.2) is 18.9 Å². The number of rotatable bonds is 8. The fraction of sp³-hybridized carbons (Fsp3) is 0.455. The quantitative estimate of drug-likeness (QED) is 0.646. The first-order chi connectivity index (χ1) is 9.08. The molecule has 8 heteroatoms. The molecule has 0 fully saturated rings. The molecule has 1 aromatic rings. The summed E-state index contributed by atoms with van der Waals surface area (Å²) >= 11 is 0. The van der Waals surface area contributed by atoms with Crippen molar-refractivity contribution in [3.8, 4) is 0 Å². The number of aromatic nitrogens is 3. The molecule has 1 heterocycles. The van der Waals surface area contributed by atoms with Crippen LogP contribution in [0.4, 0.5) is 0 Å². The molecular weight excluding hydrogens is 252 g/mol. The van der Waals surface area contributed by atoms with Crippen molar-refractivity contribution in [1.82, 2.24) is 19.9 Å². The predicted molar refractivity (Wildman–Crippen MR) is 65.6 cm³/mol. The number of carbonyl (C=O) groups excluding carboxylic acids is 1. The van der Waals surface area contributed by atoms with Gasteiger partial charge in [0.1, 0.15) is 6.54 Å². The van der Waals surface area contributed by atoms with E-state index >= 15 is 0 Å². The molecule has 0 aliphatic rings. The highest BCUT2D eigenvalue weighted by atomic mass is 16.5. The largest absolute Gasteiger partial charge is 0.476 e. The van der Waals surface area contributed by atoms with Gasteiger partial charge in [0.2, 0.25) is 5.91 Å². The summed E-state index contributed by atoms with van der Waals surface area (Å²) < 4.78 is 6.10. The zero-order valence-corrected chi connectivity index (χ0v) is 10.7. The normalized spacial score (nSPS) is 10.2. The van der Waals surface area contributed by atoms with E-state index in [0.29, 0.717) is 19.7 Å². The molecular formula is C11H16N4O4. The van der Waals surface area contributed by atoms with Crippen LogP contribution < -0.4 is 0 Å². The van der Waals surface area contributed by atoms with Crippen molar-refractivity contribution in [2.24, 2.45) is 0 Å². The average Bonchev–Trinajstić information content (AvgIpc) is 2.83. The third kappa shape index (κ3) is 4.51. The molecule has 19 heavy (non-hydrogen) atoms.